The van der Waals surface area contributed by atoms with Gasteiger partial charge < -0.3 is 19.7 Å². The summed E-state index contributed by atoms with van der Waals surface area (Å²) in [6, 6.07) is 0.371. The molecule has 0 aromatic rings. The maximum absolute atomic E-state index is 12.4. The fraction of sp³-hybridized carbons (Fsp3) is 0.968. The molecule has 4 aliphatic carbocycles. The molecule has 204 valence electrons. The van der Waals surface area contributed by atoms with E-state index in [-0.39, 0.29) is 11.7 Å². The minimum Gasteiger partial charge on any atom is -0.352 e. The highest BCUT2D eigenvalue weighted by Crippen LogP contribution is 2.71. The molecule has 5 nitrogen and oxygen atoms in total. The van der Waals surface area contributed by atoms with E-state index in [2.05, 4.69) is 33.0 Å². The summed E-state index contributed by atoms with van der Waals surface area (Å²) in [4.78, 5) is 14.4. The number of amides is 1. The number of hydrogen-bond donors (Lipinski definition) is 1. The van der Waals surface area contributed by atoms with Gasteiger partial charge in [0, 0.05) is 18.4 Å². The largest absolute Gasteiger partial charge is 0.352 e. The van der Waals surface area contributed by atoms with Crippen LogP contribution in [0.1, 0.15) is 91.9 Å². The molecule has 36 heavy (non-hydrogen) atoms. The monoisotopic (exact) mass is 500 g/mol. The molecule has 1 amide bonds. The fourth-order valence-electron chi connectivity index (χ4n) is 11.0. The number of carbonyl (C=O) groups excluding carboxylic acids is 1. The number of nitrogens with zero attached hydrogens (tertiary/aromatic N) is 1. The lowest BCUT2D eigenvalue weighted by Gasteiger charge is -2.61. The minimum atomic E-state index is -0.300. The number of nitrogens with one attached hydrogen (secondary N) is 1. The summed E-state index contributed by atoms with van der Waals surface area (Å²) >= 11 is 0. The van der Waals surface area contributed by atoms with Crippen LogP contribution in [0.2, 0.25) is 0 Å². The number of rotatable bonds is 3. The molecule has 1 unspecified atom stereocenters. The van der Waals surface area contributed by atoms with Gasteiger partial charge in [0.25, 0.3) is 0 Å². The molecule has 0 aromatic carbocycles. The van der Waals surface area contributed by atoms with Crippen LogP contribution in [-0.4, -0.2) is 56.0 Å². The molecule has 0 radical (unpaired) electrons. The van der Waals surface area contributed by atoms with Crippen LogP contribution >= 0.6 is 0 Å². The van der Waals surface area contributed by atoms with Crippen LogP contribution in [0.5, 0.6) is 0 Å². The predicted octanol–water partition coefficient (Wildman–Crippen LogP) is 5.48. The number of hydrogen-bond acceptors (Lipinski definition) is 4. The van der Waals surface area contributed by atoms with E-state index in [1.54, 1.807) is 0 Å². The molecule has 1 spiro atoms. The Labute approximate surface area is 219 Å². The normalized spacial score (nSPS) is 54.0. The lowest BCUT2D eigenvalue weighted by molar-refractivity contribution is -0.273. The van der Waals surface area contributed by atoms with Gasteiger partial charge in [-0.15, -0.1) is 0 Å². The zero-order chi connectivity index (χ0) is 25.5. The summed E-state index contributed by atoms with van der Waals surface area (Å²) < 4.78 is 13.5. The van der Waals surface area contributed by atoms with Gasteiger partial charge in [-0.3, -0.25) is 4.79 Å². The smallest absolute Gasteiger partial charge is 0.234 e. The van der Waals surface area contributed by atoms with Gasteiger partial charge >= 0.3 is 0 Å². The van der Waals surface area contributed by atoms with Crippen LogP contribution in [0.4, 0.5) is 0 Å². The Bertz CT molecular complexity index is 853. The number of likely N-dealkylation sites (N-methyl/N-ethyl adjacent to an activating group) is 1. The topological polar surface area (TPSA) is 50.8 Å². The van der Waals surface area contributed by atoms with Crippen molar-refractivity contribution in [3.63, 3.8) is 0 Å². The molecule has 6 rings (SSSR count). The highest BCUT2D eigenvalue weighted by Gasteiger charge is 2.69. The van der Waals surface area contributed by atoms with Crippen LogP contribution in [0.15, 0.2) is 0 Å². The summed E-state index contributed by atoms with van der Waals surface area (Å²) in [7, 11) is 3.95. The Kier molecular flexibility index (Phi) is 6.37. The van der Waals surface area contributed by atoms with E-state index in [9.17, 15) is 4.79 Å². The summed E-state index contributed by atoms with van der Waals surface area (Å²) in [5, 5.41) is 3.37. The first-order valence-corrected chi connectivity index (χ1v) is 15.3. The molecule has 1 N–H and O–H groups in total. The van der Waals surface area contributed by atoms with Gasteiger partial charge in [-0.2, -0.15) is 0 Å². The SMILES string of the molecule is C[C@@H]1CC[C@@]2(OC1)O[C@H]1C[C@H]3[C@@H]4CC[C@@H]5CC(NC(=O)CN(C)C)CC[C@]5(C)[C@H]4CC[C@]3(C)[C@H]1[C@@H]2C. The van der Waals surface area contributed by atoms with Crippen molar-refractivity contribution in [1.82, 2.24) is 10.2 Å². The number of fused-ring (bicyclic) bond motifs is 7. The molecule has 0 aromatic heterocycles. The second-order valence-electron chi connectivity index (χ2n) is 15.0. The minimum absolute atomic E-state index is 0.191. The molecule has 2 heterocycles. The van der Waals surface area contributed by atoms with Crippen molar-refractivity contribution in [3.8, 4) is 0 Å². The number of carbonyl (C=O) groups is 1. The third-order valence-corrected chi connectivity index (χ3v) is 12.8. The van der Waals surface area contributed by atoms with Crippen molar-refractivity contribution in [2.45, 2.75) is 110 Å². The Morgan fingerprint density at radius 3 is 2.44 bits per heavy atom. The first-order valence-electron chi connectivity index (χ1n) is 15.3. The Morgan fingerprint density at radius 1 is 0.944 bits per heavy atom. The van der Waals surface area contributed by atoms with Crippen LogP contribution < -0.4 is 5.32 Å². The Balaban J connectivity index is 1.15. The van der Waals surface area contributed by atoms with Gasteiger partial charge in [0.15, 0.2) is 5.79 Å². The lowest BCUT2D eigenvalue weighted by Crippen LogP contribution is -2.56. The zero-order valence-electron chi connectivity index (χ0n) is 23.9. The van der Waals surface area contributed by atoms with Crippen molar-refractivity contribution in [3.05, 3.63) is 0 Å². The average Bonchev–Trinajstić information content (AvgIpc) is 3.26. The quantitative estimate of drug-likeness (QED) is 0.558. The van der Waals surface area contributed by atoms with Gasteiger partial charge in [0.1, 0.15) is 0 Å². The number of ether oxygens (including phenoxy) is 2. The molecular weight excluding hydrogens is 448 g/mol. The van der Waals surface area contributed by atoms with Crippen LogP contribution in [0.25, 0.3) is 0 Å². The second-order valence-corrected chi connectivity index (χ2v) is 15.0. The van der Waals surface area contributed by atoms with E-state index in [4.69, 9.17) is 9.47 Å². The summed E-state index contributed by atoms with van der Waals surface area (Å²) in [5.74, 6) is 5.00. The fourth-order valence-corrected chi connectivity index (χ4v) is 11.0. The molecule has 5 heteroatoms. The Morgan fingerprint density at radius 2 is 1.72 bits per heavy atom. The van der Waals surface area contributed by atoms with Crippen molar-refractivity contribution < 1.29 is 14.3 Å². The highest BCUT2D eigenvalue weighted by atomic mass is 16.7. The van der Waals surface area contributed by atoms with E-state index >= 15 is 0 Å². The van der Waals surface area contributed by atoms with Gasteiger partial charge in [-0.1, -0.05) is 27.7 Å². The Hall–Kier alpha value is -0.650. The molecule has 12 atom stereocenters. The lowest BCUT2D eigenvalue weighted by atomic mass is 9.44. The maximum atomic E-state index is 12.4. The molecule has 0 bridgehead atoms. The average molecular weight is 501 g/mol. The van der Waals surface area contributed by atoms with Crippen LogP contribution in [0, 0.1) is 52.3 Å². The molecule has 2 aliphatic heterocycles. The van der Waals surface area contributed by atoms with Crippen LogP contribution in [0.3, 0.4) is 0 Å². The molecule has 6 fully saturated rings. The van der Waals surface area contributed by atoms with E-state index in [1.165, 1.54) is 51.4 Å². The summed E-state index contributed by atoms with van der Waals surface area (Å²) in [6.45, 7) is 11.4. The van der Waals surface area contributed by atoms with Crippen LogP contribution in [-0.2, 0) is 14.3 Å². The highest BCUT2D eigenvalue weighted by molar-refractivity contribution is 5.78. The van der Waals surface area contributed by atoms with Crippen molar-refractivity contribution in [2.24, 2.45) is 52.3 Å². The van der Waals surface area contributed by atoms with Crippen molar-refractivity contribution >= 4 is 5.91 Å². The standard InChI is InChI=1S/C31H52N2O3/c1-19-9-14-31(35-18-19)20(2)28-26(36-31)16-25-23-8-7-21-15-22(32-27(34)17-33(5)6)10-12-29(21,3)24(23)11-13-30(25,28)4/h19-26,28H,7-18H2,1-6H3,(H,32,34)/t19-,20+,21-,22?,23-,24+,25+,26+,28+,29+,30+,31-/m1/s1. The van der Waals surface area contributed by atoms with E-state index in [0.29, 0.717) is 47.3 Å². The van der Waals surface area contributed by atoms with E-state index in [1.807, 2.05) is 19.0 Å². The zero-order valence-corrected chi connectivity index (χ0v) is 23.9. The second kappa shape index (κ2) is 8.95. The first-order chi connectivity index (χ1) is 17.1. The van der Waals surface area contributed by atoms with Crippen molar-refractivity contribution in [1.29, 1.82) is 0 Å². The predicted molar refractivity (Wildman–Crippen MR) is 142 cm³/mol. The third-order valence-electron chi connectivity index (χ3n) is 12.8. The first kappa shape index (κ1) is 25.6. The third kappa shape index (κ3) is 3.84. The van der Waals surface area contributed by atoms with Gasteiger partial charge in [-0.25, -0.2) is 0 Å². The summed E-state index contributed by atoms with van der Waals surface area (Å²) in [6.07, 6.45) is 13.1. The van der Waals surface area contributed by atoms with E-state index < -0.39 is 0 Å². The molecule has 6 aliphatic rings. The molecular formula is C31H52N2O3. The maximum Gasteiger partial charge on any atom is 0.234 e. The van der Waals surface area contributed by atoms with Crippen molar-refractivity contribution in [2.75, 3.05) is 27.2 Å². The van der Waals surface area contributed by atoms with Gasteiger partial charge in [0.2, 0.25) is 5.91 Å². The molecule has 2 saturated heterocycles. The van der Waals surface area contributed by atoms with E-state index in [0.717, 1.165) is 43.1 Å². The summed E-state index contributed by atoms with van der Waals surface area (Å²) in [5.41, 5.74) is 0.850. The van der Waals surface area contributed by atoms with Gasteiger partial charge in [-0.05, 0) is 118 Å². The van der Waals surface area contributed by atoms with Gasteiger partial charge in [0.05, 0.1) is 19.3 Å². The molecule has 4 saturated carbocycles.